The van der Waals surface area contributed by atoms with E-state index in [1.807, 2.05) is 37.3 Å². The second-order valence-electron chi connectivity index (χ2n) is 5.10. The van der Waals surface area contributed by atoms with Gasteiger partial charge in [-0.2, -0.15) is 0 Å². The van der Waals surface area contributed by atoms with E-state index in [0.717, 1.165) is 11.3 Å². The lowest BCUT2D eigenvalue weighted by molar-refractivity contribution is 0.0963. The Morgan fingerprint density at radius 1 is 1.04 bits per heavy atom. The molecule has 122 valence electrons. The maximum atomic E-state index is 11.8. The maximum Gasteiger partial charge on any atom is 0.319 e. The SMILES string of the molecule is CNC(=O)c1ccccc1C#CCNC(=O)Nc1ccc(C)cc1. The molecule has 2 rings (SSSR count). The van der Waals surface area contributed by atoms with Gasteiger partial charge < -0.3 is 16.0 Å². The topological polar surface area (TPSA) is 70.2 Å². The van der Waals surface area contributed by atoms with Crippen molar-refractivity contribution in [1.29, 1.82) is 0 Å². The molecule has 0 aliphatic heterocycles. The zero-order valence-electron chi connectivity index (χ0n) is 13.6. The van der Waals surface area contributed by atoms with E-state index in [-0.39, 0.29) is 18.5 Å². The van der Waals surface area contributed by atoms with Crippen molar-refractivity contribution >= 4 is 17.6 Å². The van der Waals surface area contributed by atoms with Gasteiger partial charge in [-0.3, -0.25) is 4.79 Å². The van der Waals surface area contributed by atoms with Crippen LogP contribution in [0, 0.1) is 18.8 Å². The van der Waals surface area contributed by atoms with Crippen molar-refractivity contribution in [3.05, 3.63) is 65.2 Å². The number of aryl methyl sites for hydroxylation is 1. The van der Waals surface area contributed by atoms with Crippen LogP contribution in [0.15, 0.2) is 48.5 Å². The molecular weight excluding hydrogens is 302 g/mol. The minimum atomic E-state index is -0.326. The highest BCUT2D eigenvalue weighted by Crippen LogP contribution is 2.08. The number of carbonyl (C=O) groups excluding carboxylic acids is 2. The third-order valence-electron chi connectivity index (χ3n) is 3.27. The first-order valence-corrected chi connectivity index (χ1v) is 7.51. The van der Waals surface area contributed by atoms with Gasteiger partial charge in [0.05, 0.1) is 12.1 Å². The molecule has 3 amide bonds. The number of hydrogen-bond acceptors (Lipinski definition) is 2. The molecule has 0 heterocycles. The van der Waals surface area contributed by atoms with Crippen molar-refractivity contribution in [2.24, 2.45) is 0 Å². The average Bonchev–Trinajstić information content (AvgIpc) is 2.60. The molecule has 0 bridgehead atoms. The molecule has 0 fully saturated rings. The van der Waals surface area contributed by atoms with Crippen molar-refractivity contribution in [3.8, 4) is 11.8 Å². The van der Waals surface area contributed by atoms with E-state index in [2.05, 4.69) is 27.8 Å². The van der Waals surface area contributed by atoms with E-state index in [1.165, 1.54) is 0 Å². The molecule has 24 heavy (non-hydrogen) atoms. The lowest BCUT2D eigenvalue weighted by Crippen LogP contribution is -2.28. The molecule has 0 aliphatic rings. The first-order valence-electron chi connectivity index (χ1n) is 7.51. The summed E-state index contributed by atoms with van der Waals surface area (Å²) in [5.41, 5.74) is 2.98. The summed E-state index contributed by atoms with van der Waals surface area (Å²) >= 11 is 0. The molecule has 0 atom stereocenters. The van der Waals surface area contributed by atoms with E-state index in [1.54, 1.807) is 25.2 Å². The molecule has 2 aromatic carbocycles. The number of rotatable bonds is 3. The molecule has 3 N–H and O–H groups in total. The molecule has 0 saturated heterocycles. The van der Waals surface area contributed by atoms with E-state index in [9.17, 15) is 9.59 Å². The van der Waals surface area contributed by atoms with Crippen LogP contribution in [0.5, 0.6) is 0 Å². The predicted molar refractivity (Wildman–Crippen MR) is 94.9 cm³/mol. The Hall–Kier alpha value is -3.26. The zero-order valence-corrected chi connectivity index (χ0v) is 13.6. The number of urea groups is 1. The van der Waals surface area contributed by atoms with Crippen LogP contribution in [0.1, 0.15) is 21.5 Å². The minimum Gasteiger partial charge on any atom is -0.355 e. The van der Waals surface area contributed by atoms with Gasteiger partial charge in [0.15, 0.2) is 0 Å². The molecule has 0 unspecified atom stereocenters. The Balaban J connectivity index is 1.91. The molecule has 0 spiro atoms. The van der Waals surface area contributed by atoms with Gasteiger partial charge in [-0.05, 0) is 31.2 Å². The number of carbonyl (C=O) groups is 2. The normalized spacial score (nSPS) is 9.42. The Morgan fingerprint density at radius 2 is 1.75 bits per heavy atom. The number of hydrogen-bond donors (Lipinski definition) is 3. The Kier molecular flexibility index (Phi) is 5.98. The first kappa shape index (κ1) is 17.1. The monoisotopic (exact) mass is 321 g/mol. The molecule has 0 aliphatic carbocycles. The smallest absolute Gasteiger partial charge is 0.319 e. The molecule has 2 aromatic rings. The summed E-state index contributed by atoms with van der Waals surface area (Å²) in [7, 11) is 1.57. The van der Waals surface area contributed by atoms with Crippen LogP contribution in [0.3, 0.4) is 0 Å². The predicted octanol–water partition coefficient (Wildman–Crippen LogP) is 2.53. The quantitative estimate of drug-likeness (QED) is 0.760. The number of nitrogens with one attached hydrogen (secondary N) is 3. The molecule has 5 nitrogen and oxygen atoms in total. The molecule has 0 aromatic heterocycles. The van der Waals surface area contributed by atoms with Gasteiger partial charge >= 0.3 is 6.03 Å². The Morgan fingerprint density at radius 3 is 2.46 bits per heavy atom. The Labute approximate surface area is 141 Å². The van der Waals surface area contributed by atoms with E-state index in [0.29, 0.717) is 11.1 Å². The summed E-state index contributed by atoms with van der Waals surface area (Å²) in [4.78, 5) is 23.5. The molecule has 0 radical (unpaired) electrons. The summed E-state index contributed by atoms with van der Waals surface area (Å²) in [6, 6.07) is 14.3. The fraction of sp³-hybridized carbons (Fsp3) is 0.158. The van der Waals surface area contributed by atoms with E-state index in [4.69, 9.17) is 0 Å². The van der Waals surface area contributed by atoms with Crippen LogP contribution in [-0.2, 0) is 0 Å². The fourth-order valence-electron chi connectivity index (χ4n) is 2.00. The standard InChI is InChI=1S/C19H19N3O2/c1-14-9-11-16(12-10-14)22-19(24)21-13-5-7-15-6-3-4-8-17(15)18(23)20-2/h3-4,6,8-12H,13H2,1-2H3,(H,20,23)(H2,21,22,24). The van der Waals surface area contributed by atoms with Crippen LogP contribution >= 0.6 is 0 Å². The van der Waals surface area contributed by atoms with Gasteiger partial charge in [-0.15, -0.1) is 0 Å². The largest absolute Gasteiger partial charge is 0.355 e. The highest BCUT2D eigenvalue weighted by Gasteiger charge is 2.06. The summed E-state index contributed by atoms with van der Waals surface area (Å²) in [6.45, 7) is 2.16. The fourth-order valence-corrected chi connectivity index (χ4v) is 2.00. The van der Waals surface area contributed by atoms with Gasteiger partial charge in [-0.1, -0.05) is 41.7 Å². The minimum absolute atomic E-state index is 0.180. The summed E-state index contributed by atoms with van der Waals surface area (Å²) in [5, 5.41) is 7.95. The summed E-state index contributed by atoms with van der Waals surface area (Å²) in [5.74, 6) is 5.56. The van der Waals surface area contributed by atoms with Gasteiger partial charge in [-0.25, -0.2) is 4.79 Å². The van der Waals surface area contributed by atoms with Crippen LogP contribution < -0.4 is 16.0 Å². The average molecular weight is 321 g/mol. The highest BCUT2D eigenvalue weighted by molar-refractivity contribution is 5.96. The van der Waals surface area contributed by atoms with Gasteiger partial charge in [0.1, 0.15) is 0 Å². The first-order chi connectivity index (χ1) is 11.6. The highest BCUT2D eigenvalue weighted by atomic mass is 16.2. The van der Waals surface area contributed by atoms with Crippen molar-refractivity contribution in [2.75, 3.05) is 18.9 Å². The second-order valence-corrected chi connectivity index (χ2v) is 5.10. The summed E-state index contributed by atoms with van der Waals surface area (Å²) < 4.78 is 0. The van der Waals surface area contributed by atoms with Crippen molar-refractivity contribution in [2.45, 2.75) is 6.92 Å². The third kappa shape index (κ3) is 4.89. The lowest BCUT2D eigenvalue weighted by atomic mass is 10.1. The third-order valence-corrected chi connectivity index (χ3v) is 3.27. The maximum absolute atomic E-state index is 11.8. The zero-order chi connectivity index (χ0) is 17.4. The lowest BCUT2D eigenvalue weighted by Gasteiger charge is -2.05. The van der Waals surface area contributed by atoms with Crippen LogP contribution in [0.25, 0.3) is 0 Å². The van der Waals surface area contributed by atoms with E-state index < -0.39 is 0 Å². The Bertz CT molecular complexity index is 786. The molecule has 0 saturated carbocycles. The van der Waals surface area contributed by atoms with E-state index >= 15 is 0 Å². The van der Waals surface area contributed by atoms with Crippen molar-refractivity contribution < 1.29 is 9.59 Å². The second kappa shape index (κ2) is 8.39. The van der Waals surface area contributed by atoms with Gasteiger partial charge in [0.2, 0.25) is 0 Å². The summed E-state index contributed by atoms with van der Waals surface area (Å²) in [6.07, 6.45) is 0. The van der Waals surface area contributed by atoms with Crippen molar-refractivity contribution in [1.82, 2.24) is 10.6 Å². The number of anilines is 1. The van der Waals surface area contributed by atoms with Crippen LogP contribution in [0.4, 0.5) is 10.5 Å². The van der Waals surface area contributed by atoms with Crippen molar-refractivity contribution in [3.63, 3.8) is 0 Å². The van der Waals surface area contributed by atoms with Crippen LogP contribution in [0.2, 0.25) is 0 Å². The van der Waals surface area contributed by atoms with Gasteiger partial charge in [0.25, 0.3) is 5.91 Å². The molecule has 5 heteroatoms. The molecular formula is C19H19N3O2. The van der Waals surface area contributed by atoms with Crippen LogP contribution in [-0.4, -0.2) is 25.5 Å². The number of amides is 3. The number of benzene rings is 2. The van der Waals surface area contributed by atoms with Gasteiger partial charge in [0, 0.05) is 18.3 Å².